The molecule has 0 saturated carbocycles. The number of hydrogen-bond donors (Lipinski definition) is 2. The van der Waals surface area contributed by atoms with E-state index in [4.69, 9.17) is 9.72 Å². The average molecular weight is 556 g/mol. The van der Waals surface area contributed by atoms with Gasteiger partial charge >= 0.3 is 5.97 Å². The van der Waals surface area contributed by atoms with Crippen molar-refractivity contribution in [1.29, 1.82) is 0 Å². The minimum atomic E-state index is -0.488. The number of carbonyl (C=O) groups excluding carboxylic acids is 2. The first kappa shape index (κ1) is 29.3. The highest BCUT2D eigenvalue weighted by molar-refractivity contribution is 6.03. The van der Waals surface area contributed by atoms with E-state index in [1.807, 2.05) is 82.3 Å². The molecule has 0 atom stereocenters. The Bertz CT molecular complexity index is 1590. The van der Waals surface area contributed by atoms with E-state index < -0.39 is 5.97 Å². The molecule has 214 valence electrons. The van der Waals surface area contributed by atoms with E-state index in [1.165, 1.54) is 12.3 Å². The Kier molecular flexibility index (Phi) is 9.04. The standard InChI is InChI=1S/C31H37N7O3/c1-8-28(39)33-25-17-24(20(3)16-27(25)37(6)15-14-36(4)5)34-31-32-18-22(30(40)41-9-2)29(35-31)23-19-38(7)26-13-11-10-12-21(23)26/h8,10-13,16-19H,1,9,14-15H2,2-7H3,(H,33,39)(H,32,34,35). The Labute approximate surface area is 240 Å². The maximum Gasteiger partial charge on any atom is 0.341 e. The molecule has 4 aromatic rings. The Morgan fingerprint density at radius 2 is 1.88 bits per heavy atom. The number of amides is 1. The summed E-state index contributed by atoms with van der Waals surface area (Å²) in [5, 5.41) is 7.18. The van der Waals surface area contributed by atoms with Gasteiger partial charge in [-0.3, -0.25) is 4.79 Å². The van der Waals surface area contributed by atoms with Crippen LogP contribution >= 0.6 is 0 Å². The van der Waals surface area contributed by atoms with Crippen molar-refractivity contribution < 1.29 is 14.3 Å². The monoisotopic (exact) mass is 555 g/mol. The van der Waals surface area contributed by atoms with Crippen molar-refractivity contribution in [3.05, 3.63) is 72.6 Å². The number of fused-ring (bicyclic) bond motifs is 1. The van der Waals surface area contributed by atoms with E-state index in [-0.39, 0.29) is 18.1 Å². The summed E-state index contributed by atoms with van der Waals surface area (Å²) >= 11 is 0. The average Bonchev–Trinajstić information content (AvgIpc) is 3.29. The molecule has 0 spiro atoms. The molecule has 0 aliphatic heterocycles. The molecule has 2 heterocycles. The van der Waals surface area contributed by atoms with Gasteiger partial charge in [-0.15, -0.1) is 0 Å². The summed E-state index contributed by atoms with van der Waals surface area (Å²) in [6.45, 7) is 9.18. The molecule has 0 aliphatic rings. The number of benzene rings is 2. The molecule has 41 heavy (non-hydrogen) atoms. The van der Waals surface area contributed by atoms with Gasteiger partial charge in [-0.25, -0.2) is 14.8 Å². The Balaban J connectivity index is 1.78. The summed E-state index contributed by atoms with van der Waals surface area (Å²) in [7, 11) is 7.98. The summed E-state index contributed by atoms with van der Waals surface area (Å²) in [4.78, 5) is 38.6. The lowest BCUT2D eigenvalue weighted by atomic mass is 10.1. The molecule has 10 nitrogen and oxygen atoms in total. The Morgan fingerprint density at radius 3 is 2.59 bits per heavy atom. The highest BCUT2D eigenvalue weighted by atomic mass is 16.5. The smallest absolute Gasteiger partial charge is 0.341 e. The number of nitrogens with zero attached hydrogens (tertiary/aromatic N) is 5. The number of rotatable bonds is 11. The fraction of sp³-hybridized carbons (Fsp3) is 0.290. The summed E-state index contributed by atoms with van der Waals surface area (Å²) < 4.78 is 7.32. The van der Waals surface area contributed by atoms with Crippen LogP contribution < -0.4 is 15.5 Å². The molecule has 4 rings (SSSR count). The zero-order valence-corrected chi connectivity index (χ0v) is 24.5. The van der Waals surface area contributed by atoms with E-state index in [0.29, 0.717) is 23.0 Å². The van der Waals surface area contributed by atoms with Crippen molar-refractivity contribution >= 4 is 45.8 Å². The van der Waals surface area contributed by atoms with Crippen LogP contribution in [-0.2, 0) is 16.6 Å². The second kappa shape index (κ2) is 12.6. The van der Waals surface area contributed by atoms with Crippen LogP contribution in [-0.4, -0.2) is 72.2 Å². The minimum absolute atomic E-state index is 0.238. The van der Waals surface area contributed by atoms with Gasteiger partial charge < -0.3 is 29.7 Å². The van der Waals surface area contributed by atoms with Gasteiger partial charge in [0, 0.05) is 61.7 Å². The van der Waals surface area contributed by atoms with Crippen molar-refractivity contribution in [1.82, 2.24) is 19.4 Å². The molecule has 0 aliphatic carbocycles. The van der Waals surface area contributed by atoms with Crippen molar-refractivity contribution in [3.63, 3.8) is 0 Å². The highest BCUT2D eigenvalue weighted by Crippen LogP contribution is 2.35. The van der Waals surface area contributed by atoms with Gasteiger partial charge in [0.2, 0.25) is 11.9 Å². The molecule has 2 aromatic heterocycles. The fourth-order valence-electron chi connectivity index (χ4n) is 4.55. The zero-order chi connectivity index (χ0) is 29.7. The van der Waals surface area contributed by atoms with Gasteiger partial charge in [0.05, 0.1) is 23.7 Å². The van der Waals surface area contributed by atoms with Crippen LogP contribution in [0.4, 0.5) is 23.0 Å². The quantitative estimate of drug-likeness (QED) is 0.197. The van der Waals surface area contributed by atoms with E-state index in [0.717, 1.165) is 40.8 Å². The van der Waals surface area contributed by atoms with Crippen LogP contribution in [0.15, 0.2) is 61.4 Å². The first-order valence-corrected chi connectivity index (χ1v) is 13.4. The number of aromatic nitrogens is 3. The predicted octanol–water partition coefficient (Wildman–Crippen LogP) is 4.99. The lowest BCUT2D eigenvalue weighted by molar-refractivity contribution is -0.111. The third-order valence-electron chi connectivity index (χ3n) is 6.76. The molecule has 2 aromatic carbocycles. The fourth-order valence-corrected chi connectivity index (χ4v) is 4.55. The van der Waals surface area contributed by atoms with E-state index in [1.54, 1.807) is 6.92 Å². The maximum atomic E-state index is 12.9. The molecule has 1 amide bonds. The van der Waals surface area contributed by atoms with Crippen LogP contribution in [0.5, 0.6) is 0 Å². The molecule has 0 radical (unpaired) electrons. The van der Waals surface area contributed by atoms with Gasteiger partial charge in [-0.1, -0.05) is 24.8 Å². The van der Waals surface area contributed by atoms with E-state index >= 15 is 0 Å². The van der Waals surface area contributed by atoms with Crippen molar-refractivity contribution in [3.8, 4) is 11.3 Å². The molecule has 0 bridgehead atoms. The number of ether oxygens (including phenoxy) is 1. The second-order valence-electron chi connectivity index (χ2n) is 10.1. The number of nitrogens with one attached hydrogen (secondary N) is 2. The highest BCUT2D eigenvalue weighted by Gasteiger charge is 2.21. The molecule has 2 N–H and O–H groups in total. The third-order valence-corrected chi connectivity index (χ3v) is 6.76. The first-order chi connectivity index (χ1) is 19.6. The summed E-state index contributed by atoms with van der Waals surface area (Å²) in [5.74, 6) is -0.494. The molecular formula is C31H37N7O3. The van der Waals surface area contributed by atoms with Crippen LogP contribution in [0.25, 0.3) is 22.2 Å². The SMILES string of the molecule is C=CC(=O)Nc1cc(Nc2ncc(C(=O)OCC)c(-c3cn(C)c4ccccc34)n2)c(C)cc1N(C)CCN(C)C. The lowest BCUT2D eigenvalue weighted by Gasteiger charge is -2.25. The van der Waals surface area contributed by atoms with E-state index in [2.05, 4.69) is 32.0 Å². The first-order valence-electron chi connectivity index (χ1n) is 13.4. The number of hydrogen-bond acceptors (Lipinski definition) is 8. The number of carbonyl (C=O) groups is 2. The van der Waals surface area contributed by atoms with Crippen LogP contribution in [0.1, 0.15) is 22.8 Å². The largest absolute Gasteiger partial charge is 0.462 e. The summed E-state index contributed by atoms with van der Waals surface area (Å²) in [6.07, 6.45) is 4.68. The van der Waals surface area contributed by atoms with Gasteiger partial charge in [0.15, 0.2) is 0 Å². The molecule has 0 saturated heterocycles. The Hall–Kier alpha value is -4.70. The van der Waals surface area contributed by atoms with Gasteiger partial charge in [0.1, 0.15) is 5.56 Å². The predicted molar refractivity (Wildman–Crippen MR) is 165 cm³/mol. The normalized spacial score (nSPS) is 11.0. The van der Waals surface area contributed by atoms with Crippen molar-refractivity contribution in [2.75, 3.05) is 56.4 Å². The molecular weight excluding hydrogens is 518 g/mol. The number of aryl methyl sites for hydroxylation is 2. The number of likely N-dealkylation sites (N-methyl/N-ethyl adjacent to an activating group) is 2. The third kappa shape index (κ3) is 6.55. The van der Waals surface area contributed by atoms with Crippen molar-refractivity contribution in [2.24, 2.45) is 7.05 Å². The lowest BCUT2D eigenvalue weighted by Crippen LogP contribution is -2.29. The van der Waals surface area contributed by atoms with Gasteiger partial charge in [0.25, 0.3) is 0 Å². The number of para-hydroxylation sites is 1. The maximum absolute atomic E-state index is 12.9. The molecule has 10 heteroatoms. The minimum Gasteiger partial charge on any atom is -0.462 e. The number of anilines is 4. The molecule has 0 unspecified atom stereocenters. The van der Waals surface area contributed by atoms with Crippen LogP contribution in [0.3, 0.4) is 0 Å². The van der Waals surface area contributed by atoms with Gasteiger partial charge in [-0.2, -0.15) is 0 Å². The van der Waals surface area contributed by atoms with Gasteiger partial charge in [-0.05, 0) is 57.8 Å². The summed E-state index contributed by atoms with van der Waals surface area (Å²) in [5.41, 5.74) is 5.70. The number of esters is 1. The van der Waals surface area contributed by atoms with Crippen molar-refractivity contribution in [2.45, 2.75) is 13.8 Å². The zero-order valence-electron chi connectivity index (χ0n) is 24.5. The van der Waals surface area contributed by atoms with E-state index in [9.17, 15) is 9.59 Å². The topological polar surface area (TPSA) is 105 Å². The second-order valence-corrected chi connectivity index (χ2v) is 10.1. The molecule has 0 fully saturated rings. The summed E-state index contributed by atoms with van der Waals surface area (Å²) in [6, 6.07) is 11.8. The van der Waals surface area contributed by atoms with Crippen LogP contribution in [0.2, 0.25) is 0 Å². The Morgan fingerprint density at radius 1 is 1.12 bits per heavy atom. The van der Waals surface area contributed by atoms with Crippen LogP contribution in [0, 0.1) is 6.92 Å².